The van der Waals surface area contributed by atoms with E-state index in [1.54, 1.807) is 0 Å². The molecule has 2 aromatic heterocycles. The number of hydrogen-bond donors (Lipinski definition) is 1. The Hall–Kier alpha value is -3.36. The van der Waals surface area contributed by atoms with Crippen molar-refractivity contribution in [3.05, 3.63) is 87.5 Å². The van der Waals surface area contributed by atoms with Crippen molar-refractivity contribution in [2.24, 2.45) is 0 Å². The molecular formula is C28H34N6O2. The Kier molecular flexibility index (Phi) is 7.53. The van der Waals surface area contributed by atoms with E-state index in [1.807, 2.05) is 35.9 Å². The molecule has 1 saturated heterocycles. The van der Waals surface area contributed by atoms with E-state index in [-0.39, 0.29) is 17.7 Å². The minimum atomic E-state index is -0.0460. The van der Waals surface area contributed by atoms with E-state index in [4.69, 9.17) is 4.74 Å². The summed E-state index contributed by atoms with van der Waals surface area (Å²) in [6, 6.07) is 18.5. The van der Waals surface area contributed by atoms with Crippen molar-refractivity contribution in [3.63, 3.8) is 0 Å². The molecule has 4 aromatic rings. The zero-order valence-corrected chi connectivity index (χ0v) is 21.1. The smallest absolute Gasteiger partial charge is 0.252 e. The number of aryl methyl sites for hydroxylation is 1. The van der Waals surface area contributed by atoms with Gasteiger partial charge in [-0.25, -0.2) is 4.68 Å². The molecule has 188 valence electrons. The average Bonchev–Trinajstić information content (AvgIpc) is 3.57. The van der Waals surface area contributed by atoms with E-state index in [2.05, 4.69) is 62.7 Å². The first kappa shape index (κ1) is 24.3. The molecule has 1 aliphatic rings. The van der Waals surface area contributed by atoms with E-state index < -0.39 is 0 Å². The maximum Gasteiger partial charge on any atom is 0.252 e. The van der Waals surface area contributed by atoms with Gasteiger partial charge in [0, 0.05) is 25.3 Å². The monoisotopic (exact) mass is 486 g/mol. The molecule has 2 unspecified atom stereocenters. The standard InChI is InChI=1S/C28H34N6O2/c1-3-25(27-30-31-32-34(27)19-24-13-8-16-36-24)33(15-14-21-10-5-4-6-11-21)18-23-17-22-12-7-9-20(2)26(22)29-28(23)35/h4-7,9-12,17,24-25H,3,8,13-16,18-19H2,1-2H3,(H,29,35). The third-order valence-electron chi connectivity index (χ3n) is 7.15. The second kappa shape index (κ2) is 11.1. The van der Waals surface area contributed by atoms with Crippen LogP contribution in [-0.2, 0) is 24.2 Å². The summed E-state index contributed by atoms with van der Waals surface area (Å²) in [5.74, 6) is 0.828. The first-order valence-corrected chi connectivity index (χ1v) is 12.9. The van der Waals surface area contributed by atoms with Crippen LogP contribution in [0.2, 0.25) is 0 Å². The number of nitrogens with one attached hydrogen (secondary N) is 1. The van der Waals surface area contributed by atoms with Crippen LogP contribution < -0.4 is 5.56 Å². The van der Waals surface area contributed by atoms with Gasteiger partial charge in [0.2, 0.25) is 0 Å². The summed E-state index contributed by atoms with van der Waals surface area (Å²) in [7, 11) is 0. The molecule has 2 atom stereocenters. The fourth-order valence-electron chi connectivity index (χ4n) is 5.19. The van der Waals surface area contributed by atoms with E-state index in [1.165, 1.54) is 5.56 Å². The lowest BCUT2D eigenvalue weighted by atomic mass is 10.1. The molecule has 36 heavy (non-hydrogen) atoms. The quantitative estimate of drug-likeness (QED) is 0.361. The van der Waals surface area contributed by atoms with Crippen molar-refractivity contribution in [1.82, 2.24) is 30.1 Å². The number of hydrogen-bond acceptors (Lipinski definition) is 6. The van der Waals surface area contributed by atoms with Gasteiger partial charge >= 0.3 is 0 Å². The first-order chi connectivity index (χ1) is 17.6. The summed E-state index contributed by atoms with van der Waals surface area (Å²) in [6.07, 6.45) is 3.95. The summed E-state index contributed by atoms with van der Waals surface area (Å²) < 4.78 is 7.74. The second-order valence-electron chi connectivity index (χ2n) is 9.65. The van der Waals surface area contributed by atoms with Gasteiger partial charge in [0.15, 0.2) is 5.82 Å². The molecule has 1 fully saturated rings. The summed E-state index contributed by atoms with van der Waals surface area (Å²) in [5, 5.41) is 13.8. The molecule has 8 nitrogen and oxygen atoms in total. The molecule has 3 heterocycles. The van der Waals surface area contributed by atoms with Crippen LogP contribution in [0.15, 0.2) is 59.4 Å². The Balaban J connectivity index is 1.46. The predicted molar refractivity (Wildman–Crippen MR) is 140 cm³/mol. The number of fused-ring (bicyclic) bond motifs is 1. The molecular weight excluding hydrogens is 452 g/mol. The largest absolute Gasteiger partial charge is 0.376 e. The van der Waals surface area contributed by atoms with E-state index in [9.17, 15) is 4.79 Å². The highest BCUT2D eigenvalue weighted by molar-refractivity contribution is 5.81. The van der Waals surface area contributed by atoms with Crippen LogP contribution >= 0.6 is 0 Å². The summed E-state index contributed by atoms with van der Waals surface area (Å²) >= 11 is 0. The predicted octanol–water partition coefficient (Wildman–Crippen LogP) is 4.20. The molecule has 8 heteroatoms. The maximum absolute atomic E-state index is 13.1. The normalized spacial score (nSPS) is 16.7. The van der Waals surface area contributed by atoms with Gasteiger partial charge in [0.25, 0.3) is 5.56 Å². The number of nitrogens with zero attached hydrogens (tertiary/aromatic N) is 5. The van der Waals surface area contributed by atoms with Crippen LogP contribution in [0.4, 0.5) is 0 Å². The molecule has 0 amide bonds. The number of H-pyrrole nitrogens is 1. The van der Waals surface area contributed by atoms with Gasteiger partial charge in [-0.05, 0) is 65.6 Å². The lowest BCUT2D eigenvalue weighted by molar-refractivity contribution is 0.0893. The molecule has 2 aromatic carbocycles. The fraction of sp³-hybridized carbons (Fsp3) is 0.429. The van der Waals surface area contributed by atoms with Crippen molar-refractivity contribution in [1.29, 1.82) is 0 Å². The minimum Gasteiger partial charge on any atom is -0.376 e. The lowest BCUT2D eigenvalue weighted by Crippen LogP contribution is -2.34. The van der Waals surface area contributed by atoms with Gasteiger partial charge in [-0.3, -0.25) is 9.69 Å². The van der Waals surface area contributed by atoms with Gasteiger partial charge in [-0.1, -0.05) is 55.5 Å². The van der Waals surface area contributed by atoms with E-state index in [0.29, 0.717) is 13.1 Å². The van der Waals surface area contributed by atoms with Crippen LogP contribution in [0.5, 0.6) is 0 Å². The molecule has 5 rings (SSSR count). The first-order valence-electron chi connectivity index (χ1n) is 12.9. The van der Waals surface area contributed by atoms with Crippen LogP contribution in [0.1, 0.15) is 54.7 Å². The number of tetrazole rings is 1. The highest BCUT2D eigenvalue weighted by Crippen LogP contribution is 2.26. The number of aromatic nitrogens is 5. The van der Waals surface area contributed by atoms with Crippen LogP contribution in [-0.4, -0.2) is 49.3 Å². The van der Waals surface area contributed by atoms with Gasteiger partial charge in [0.05, 0.1) is 24.2 Å². The van der Waals surface area contributed by atoms with Gasteiger partial charge in [0.1, 0.15) is 0 Å². The van der Waals surface area contributed by atoms with Crippen molar-refractivity contribution in [3.8, 4) is 0 Å². The van der Waals surface area contributed by atoms with Gasteiger partial charge < -0.3 is 9.72 Å². The Labute approximate surface area is 211 Å². The van der Waals surface area contributed by atoms with Gasteiger partial charge in [-0.2, -0.15) is 0 Å². The van der Waals surface area contributed by atoms with Crippen molar-refractivity contribution in [2.75, 3.05) is 13.2 Å². The zero-order chi connectivity index (χ0) is 24.9. The minimum absolute atomic E-state index is 0.0299. The maximum atomic E-state index is 13.1. The lowest BCUT2D eigenvalue weighted by Gasteiger charge is -2.30. The van der Waals surface area contributed by atoms with Crippen molar-refractivity contribution >= 4 is 10.9 Å². The van der Waals surface area contributed by atoms with Gasteiger partial charge in [-0.15, -0.1) is 5.10 Å². The van der Waals surface area contributed by atoms with Crippen molar-refractivity contribution in [2.45, 2.75) is 64.8 Å². The number of benzene rings is 2. The molecule has 0 spiro atoms. The molecule has 0 aliphatic carbocycles. The molecule has 0 saturated carbocycles. The summed E-state index contributed by atoms with van der Waals surface area (Å²) in [5.41, 5.74) is 3.93. The van der Waals surface area contributed by atoms with Crippen LogP contribution in [0.3, 0.4) is 0 Å². The molecule has 1 aliphatic heterocycles. The van der Waals surface area contributed by atoms with Crippen LogP contribution in [0, 0.1) is 6.92 Å². The highest BCUT2D eigenvalue weighted by Gasteiger charge is 2.27. The molecule has 0 radical (unpaired) electrons. The summed E-state index contributed by atoms with van der Waals surface area (Å²) in [6.45, 7) is 6.91. The Morgan fingerprint density at radius 2 is 2.06 bits per heavy atom. The summed E-state index contributed by atoms with van der Waals surface area (Å²) in [4.78, 5) is 18.6. The zero-order valence-electron chi connectivity index (χ0n) is 21.1. The Morgan fingerprint density at radius 3 is 2.83 bits per heavy atom. The second-order valence-corrected chi connectivity index (χ2v) is 9.65. The number of aromatic amines is 1. The van der Waals surface area contributed by atoms with E-state index >= 15 is 0 Å². The number of para-hydroxylation sites is 1. The van der Waals surface area contributed by atoms with Crippen LogP contribution in [0.25, 0.3) is 10.9 Å². The Bertz CT molecular complexity index is 1340. The number of rotatable bonds is 10. The highest BCUT2D eigenvalue weighted by atomic mass is 16.5. The van der Waals surface area contributed by atoms with Crippen molar-refractivity contribution < 1.29 is 4.74 Å². The number of pyridine rings is 1. The molecule has 0 bridgehead atoms. The third-order valence-corrected chi connectivity index (χ3v) is 7.15. The third kappa shape index (κ3) is 5.39. The molecule has 1 N–H and O–H groups in total. The Morgan fingerprint density at radius 1 is 1.19 bits per heavy atom. The number of ether oxygens (including phenoxy) is 1. The SMILES string of the molecule is CCC(c1nnnn1CC1CCCO1)N(CCc1ccccc1)Cc1cc2cccc(C)c2[nH]c1=O. The topological polar surface area (TPSA) is 88.9 Å². The average molecular weight is 487 g/mol. The van der Waals surface area contributed by atoms with E-state index in [0.717, 1.165) is 66.7 Å². The fourth-order valence-corrected chi connectivity index (χ4v) is 5.19.